The highest BCUT2D eigenvalue weighted by Crippen LogP contribution is 2.53. The molecule has 2 bridgehead atoms. The van der Waals surface area contributed by atoms with E-state index in [1.807, 2.05) is 4.98 Å². The second-order valence-electron chi connectivity index (χ2n) is 12.8. The van der Waals surface area contributed by atoms with E-state index < -0.39 is 94.7 Å². The van der Waals surface area contributed by atoms with Crippen LogP contribution in [0.3, 0.4) is 0 Å². The fourth-order valence-electron chi connectivity index (χ4n) is 6.21. The number of hydrogen-bond donors (Lipinski definition) is 7. The van der Waals surface area contributed by atoms with Crippen molar-refractivity contribution in [3.05, 3.63) is 49.8 Å². The summed E-state index contributed by atoms with van der Waals surface area (Å²) in [7, 11) is -10.3. The lowest BCUT2D eigenvalue weighted by molar-refractivity contribution is -0.0683. The maximum absolute atomic E-state index is 13.1. The summed E-state index contributed by atoms with van der Waals surface area (Å²) in [5.74, 6) is -0.303. The smallest absolute Gasteiger partial charge is 0.387 e. The maximum Gasteiger partial charge on any atom is 0.472 e. The molecule has 0 aromatic carbocycles. The Labute approximate surface area is 326 Å². The van der Waals surface area contributed by atoms with Crippen LogP contribution in [0.2, 0.25) is 0 Å². The molecular weight excluding hydrogens is 800 g/mol. The Morgan fingerprint density at radius 2 is 1.32 bits per heavy atom. The Balaban J connectivity index is 0.000000440. The minimum Gasteiger partial charge on any atom is -0.387 e. The van der Waals surface area contributed by atoms with Crippen LogP contribution in [0.15, 0.2) is 33.0 Å². The van der Waals surface area contributed by atoms with Gasteiger partial charge in [0.05, 0.1) is 19.5 Å². The molecule has 3 aromatic rings. The highest BCUT2D eigenvalue weighted by molar-refractivity contribution is 7.47. The predicted molar refractivity (Wildman–Crippen MR) is 202 cm³/mol. The number of hydrogen-bond acceptors (Lipinski definition) is 18. The first kappa shape index (κ1) is 46.5. The monoisotopic (exact) mass is 853 g/mol. The minimum absolute atomic E-state index is 0.153. The van der Waals surface area contributed by atoms with Crippen molar-refractivity contribution in [1.29, 1.82) is 0 Å². The molecule has 6 rings (SSSR count). The van der Waals surface area contributed by atoms with Gasteiger partial charge in [0, 0.05) is 12.3 Å². The van der Waals surface area contributed by atoms with Crippen molar-refractivity contribution < 1.29 is 56.7 Å². The first-order valence-corrected chi connectivity index (χ1v) is 21.4. The Morgan fingerprint density at radius 3 is 1.84 bits per heavy atom. The van der Waals surface area contributed by atoms with E-state index in [1.165, 1.54) is 39.3 Å². The summed E-state index contributed by atoms with van der Waals surface area (Å²) in [6.07, 6.45) is -11.4. The van der Waals surface area contributed by atoms with Crippen molar-refractivity contribution in [3.63, 3.8) is 0 Å². The number of anilines is 1. The molecule has 0 saturated carbocycles. The van der Waals surface area contributed by atoms with Crippen molar-refractivity contribution in [3.8, 4) is 0 Å². The molecule has 3 aliphatic heterocycles. The van der Waals surface area contributed by atoms with E-state index in [0.29, 0.717) is 0 Å². The SMILES string of the molecule is CCN(CC)CC.CCN(CC)CC.Nc1nc2c(ncn2[C@@H]2O[C@@H]3COP(=O)(O)O[C@H]4[C@@H](O)[C@H](n5ccc(=O)[nH]c5=O)O[C@@H]4COP(=O)(O)O[C@@H]2[C@@H]3O)c(=O)[nH]1. The fourth-order valence-corrected chi connectivity index (χ4v) is 8.11. The molecule has 10 atom stereocenters. The molecule has 6 heterocycles. The number of nitrogen functional groups attached to an aromatic ring is 1. The van der Waals surface area contributed by atoms with Gasteiger partial charge in [-0.3, -0.25) is 46.8 Å². The molecule has 24 nitrogen and oxygen atoms in total. The summed E-state index contributed by atoms with van der Waals surface area (Å²) in [5.41, 5.74) is 2.79. The van der Waals surface area contributed by atoms with Gasteiger partial charge in [-0.1, -0.05) is 41.5 Å². The van der Waals surface area contributed by atoms with Gasteiger partial charge in [-0.25, -0.2) is 18.9 Å². The number of phosphoric acid groups is 2. The fraction of sp³-hybridized carbons (Fsp3) is 0.710. The quantitative estimate of drug-likeness (QED) is 0.140. The van der Waals surface area contributed by atoms with Crippen LogP contribution < -0.4 is 22.5 Å². The molecule has 57 heavy (non-hydrogen) atoms. The van der Waals surface area contributed by atoms with Gasteiger partial charge < -0.3 is 45.0 Å². The Kier molecular flexibility index (Phi) is 16.5. The lowest BCUT2D eigenvalue weighted by Crippen LogP contribution is -2.39. The van der Waals surface area contributed by atoms with Gasteiger partial charge in [-0.05, 0) is 39.3 Å². The molecule has 0 radical (unpaired) electrons. The molecule has 0 aliphatic carbocycles. The van der Waals surface area contributed by atoms with Crippen molar-refractivity contribution in [2.24, 2.45) is 0 Å². The van der Waals surface area contributed by atoms with Gasteiger partial charge in [-0.2, -0.15) is 4.98 Å². The molecule has 3 saturated heterocycles. The summed E-state index contributed by atoms with van der Waals surface area (Å²) in [6.45, 7) is 18.5. The summed E-state index contributed by atoms with van der Waals surface area (Å²) >= 11 is 0. The van der Waals surface area contributed by atoms with E-state index in [1.54, 1.807) is 0 Å². The molecule has 3 fully saturated rings. The lowest BCUT2D eigenvalue weighted by Gasteiger charge is -2.25. The molecule has 0 amide bonds. The van der Waals surface area contributed by atoms with Crippen LogP contribution in [0, 0.1) is 0 Å². The molecule has 0 spiro atoms. The van der Waals surface area contributed by atoms with Crippen LogP contribution in [0.5, 0.6) is 0 Å². The molecule has 2 unspecified atom stereocenters. The summed E-state index contributed by atoms with van der Waals surface area (Å²) in [4.78, 5) is 73.8. The average molecular weight is 854 g/mol. The number of fused-ring (bicyclic) bond motifs is 4. The van der Waals surface area contributed by atoms with Crippen LogP contribution >= 0.6 is 15.6 Å². The first-order chi connectivity index (χ1) is 26.9. The summed E-state index contributed by atoms with van der Waals surface area (Å²) in [6, 6.07) is 0.944. The number of aliphatic hydroxyl groups excluding tert-OH is 2. The van der Waals surface area contributed by atoms with E-state index in [4.69, 9.17) is 33.3 Å². The summed E-state index contributed by atoms with van der Waals surface area (Å²) < 4.78 is 59.5. The number of nitrogens with one attached hydrogen (secondary N) is 2. The van der Waals surface area contributed by atoms with Gasteiger partial charge in [0.2, 0.25) is 5.95 Å². The molecule has 8 N–H and O–H groups in total. The number of H-pyrrole nitrogens is 2. The second-order valence-corrected chi connectivity index (χ2v) is 15.6. The van der Waals surface area contributed by atoms with Crippen LogP contribution in [-0.2, 0) is 36.7 Å². The molecule has 322 valence electrons. The molecular formula is C31H53N9O15P2. The van der Waals surface area contributed by atoms with Crippen LogP contribution in [0.1, 0.15) is 54.0 Å². The molecule has 3 aromatic heterocycles. The Morgan fingerprint density at radius 1 is 0.789 bits per heavy atom. The van der Waals surface area contributed by atoms with Crippen molar-refractivity contribution in [2.45, 2.75) is 90.6 Å². The summed E-state index contributed by atoms with van der Waals surface area (Å²) in [5, 5.41) is 21.8. The number of aliphatic hydroxyl groups is 2. The van der Waals surface area contributed by atoms with Gasteiger partial charge in [0.25, 0.3) is 11.1 Å². The standard InChI is InChI=1S/C19H23N7O15P2.2C6H15N/c20-18-23-14-9(15(30)24-18)21-5-26(14)17-13-10(28)6(38-17)3-36-42(32,33)40-12-7(4-37-43(34,35)41-13)39-16(11(12)29)25-2-1-8(27)22-19(25)31;2*1-4-7(5-2)6-3/h1-2,5-7,10-13,16-17,28-29H,3-4H2,(H,32,33)(H,34,35)(H,22,27,31)(H3,20,23,24,30);2*4-6H2,1-3H3/t6-,7-,10-,11-,12-,13-,16-,17-;;/m1../s1. The van der Waals surface area contributed by atoms with Gasteiger partial charge in [-0.15, -0.1) is 0 Å². The lowest BCUT2D eigenvalue weighted by atomic mass is 10.1. The van der Waals surface area contributed by atoms with E-state index in [2.05, 4.69) is 66.3 Å². The van der Waals surface area contributed by atoms with Crippen LogP contribution in [-0.4, -0.2) is 148 Å². The number of phosphoric ester groups is 2. The minimum atomic E-state index is -5.16. The zero-order valence-electron chi connectivity index (χ0n) is 32.4. The number of nitrogens with zero attached hydrogens (tertiary/aromatic N) is 6. The zero-order chi connectivity index (χ0) is 42.2. The van der Waals surface area contributed by atoms with E-state index in [0.717, 1.165) is 27.7 Å². The van der Waals surface area contributed by atoms with Gasteiger partial charge in [0.1, 0.15) is 36.6 Å². The third-order valence-electron chi connectivity index (χ3n) is 9.47. The van der Waals surface area contributed by atoms with Crippen LogP contribution in [0.4, 0.5) is 5.95 Å². The third kappa shape index (κ3) is 11.5. The normalized spacial score (nSPS) is 31.7. The van der Waals surface area contributed by atoms with Crippen molar-refractivity contribution >= 4 is 32.8 Å². The molecule has 26 heteroatoms. The highest BCUT2D eigenvalue weighted by atomic mass is 31.2. The van der Waals surface area contributed by atoms with Gasteiger partial charge in [0.15, 0.2) is 23.6 Å². The topological polar surface area (TPSA) is 321 Å². The van der Waals surface area contributed by atoms with Gasteiger partial charge >= 0.3 is 21.3 Å². The number of aromatic nitrogens is 6. The maximum atomic E-state index is 13.1. The average Bonchev–Trinajstić information content (AvgIpc) is 3.81. The number of rotatable bonds is 8. The van der Waals surface area contributed by atoms with E-state index >= 15 is 0 Å². The number of aromatic amines is 2. The number of nitrogens with two attached hydrogens (primary N) is 1. The number of imidazole rings is 1. The van der Waals surface area contributed by atoms with Crippen molar-refractivity contribution in [1.82, 2.24) is 38.9 Å². The van der Waals surface area contributed by atoms with E-state index in [9.17, 15) is 43.5 Å². The molecule has 3 aliphatic rings. The predicted octanol–water partition coefficient (Wildman–Crippen LogP) is -0.517. The van der Waals surface area contributed by atoms with Crippen LogP contribution in [0.25, 0.3) is 11.2 Å². The second kappa shape index (κ2) is 20.2. The zero-order valence-corrected chi connectivity index (χ0v) is 34.2. The van der Waals surface area contributed by atoms with Crippen molar-refractivity contribution in [2.75, 3.05) is 58.2 Å². The Hall–Kier alpha value is -3.19. The highest BCUT2D eigenvalue weighted by Gasteiger charge is 2.54. The van der Waals surface area contributed by atoms with E-state index in [-0.39, 0.29) is 17.1 Å². The third-order valence-corrected chi connectivity index (χ3v) is 11.4. The Bertz CT molecular complexity index is 2010. The first-order valence-electron chi connectivity index (χ1n) is 18.4. The number of ether oxygens (including phenoxy) is 2. The largest absolute Gasteiger partial charge is 0.472 e.